The molecular formula is C10H21N3O3. The van der Waals surface area contributed by atoms with Gasteiger partial charge in [-0.3, -0.25) is 9.69 Å². The number of likely N-dealkylation sites (N-methyl/N-ethyl adjacent to an activating group) is 1. The van der Waals surface area contributed by atoms with E-state index < -0.39 is 12.0 Å². The van der Waals surface area contributed by atoms with Crippen LogP contribution in [-0.4, -0.2) is 77.9 Å². The Morgan fingerprint density at radius 1 is 1.62 bits per heavy atom. The molecule has 3 unspecified atom stereocenters. The van der Waals surface area contributed by atoms with Crippen molar-refractivity contribution in [1.82, 2.24) is 9.80 Å². The lowest BCUT2D eigenvalue weighted by Crippen LogP contribution is -2.47. The molecule has 1 saturated heterocycles. The van der Waals surface area contributed by atoms with Crippen LogP contribution < -0.4 is 5.73 Å². The molecular weight excluding hydrogens is 210 g/mol. The topological polar surface area (TPSA) is 90.0 Å². The minimum Gasteiger partial charge on any atom is -0.480 e. The number of aliphatic hydroxyl groups is 1. The molecule has 1 fully saturated rings. The van der Waals surface area contributed by atoms with Gasteiger partial charge in [-0.05, 0) is 20.5 Å². The third kappa shape index (κ3) is 3.71. The molecule has 0 amide bonds. The predicted molar refractivity (Wildman–Crippen MR) is 60.2 cm³/mol. The van der Waals surface area contributed by atoms with Crippen LogP contribution in [0.5, 0.6) is 0 Å². The molecule has 1 aliphatic rings. The van der Waals surface area contributed by atoms with Crippen molar-refractivity contribution in [2.45, 2.75) is 24.6 Å². The second-order valence-corrected chi connectivity index (χ2v) is 4.70. The fourth-order valence-corrected chi connectivity index (χ4v) is 2.12. The van der Waals surface area contributed by atoms with Gasteiger partial charge in [0.05, 0.1) is 6.10 Å². The Labute approximate surface area is 95.6 Å². The van der Waals surface area contributed by atoms with Crippen molar-refractivity contribution in [3.63, 3.8) is 0 Å². The van der Waals surface area contributed by atoms with E-state index in [-0.39, 0.29) is 12.1 Å². The zero-order valence-electron chi connectivity index (χ0n) is 9.83. The number of likely N-dealkylation sites (tertiary alicyclic amines) is 1. The van der Waals surface area contributed by atoms with Crippen LogP contribution in [0.1, 0.15) is 6.42 Å². The molecule has 0 aromatic rings. The van der Waals surface area contributed by atoms with Crippen molar-refractivity contribution in [3.8, 4) is 0 Å². The lowest BCUT2D eigenvalue weighted by Gasteiger charge is -2.27. The summed E-state index contributed by atoms with van der Waals surface area (Å²) in [6.45, 7) is 1.62. The van der Waals surface area contributed by atoms with Gasteiger partial charge in [-0.15, -0.1) is 0 Å². The molecule has 0 aromatic heterocycles. The average molecular weight is 231 g/mol. The molecule has 0 spiro atoms. The van der Waals surface area contributed by atoms with Crippen LogP contribution in [-0.2, 0) is 4.79 Å². The van der Waals surface area contributed by atoms with E-state index >= 15 is 0 Å². The zero-order valence-corrected chi connectivity index (χ0v) is 9.83. The van der Waals surface area contributed by atoms with Crippen LogP contribution in [0.4, 0.5) is 0 Å². The van der Waals surface area contributed by atoms with Crippen molar-refractivity contribution in [3.05, 3.63) is 0 Å². The van der Waals surface area contributed by atoms with Crippen LogP contribution in [0.2, 0.25) is 0 Å². The van der Waals surface area contributed by atoms with Gasteiger partial charge in [0.1, 0.15) is 6.04 Å². The molecule has 3 atom stereocenters. The molecule has 0 aliphatic carbocycles. The van der Waals surface area contributed by atoms with E-state index in [9.17, 15) is 9.90 Å². The SMILES string of the molecule is CN(C)CC1CC(O)CN1CC(N)C(=O)O. The van der Waals surface area contributed by atoms with E-state index in [2.05, 4.69) is 0 Å². The van der Waals surface area contributed by atoms with Crippen LogP contribution in [0.25, 0.3) is 0 Å². The number of β-amino-alcohol motifs (C(OH)–C–C–N with tert-alkyl or cyclic N) is 1. The van der Waals surface area contributed by atoms with Gasteiger partial charge in [-0.25, -0.2) is 0 Å². The van der Waals surface area contributed by atoms with Crippen molar-refractivity contribution >= 4 is 5.97 Å². The van der Waals surface area contributed by atoms with Crippen LogP contribution in [0.3, 0.4) is 0 Å². The number of rotatable bonds is 5. The number of hydrogen-bond donors (Lipinski definition) is 3. The summed E-state index contributed by atoms with van der Waals surface area (Å²) in [5, 5.41) is 18.3. The molecule has 94 valence electrons. The number of aliphatic carboxylic acids is 1. The molecule has 1 aliphatic heterocycles. The third-order valence-electron chi connectivity index (χ3n) is 2.83. The van der Waals surface area contributed by atoms with Crippen LogP contribution >= 0.6 is 0 Å². The van der Waals surface area contributed by atoms with Crippen LogP contribution in [0, 0.1) is 0 Å². The lowest BCUT2D eigenvalue weighted by molar-refractivity contribution is -0.139. The highest BCUT2D eigenvalue weighted by Crippen LogP contribution is 2.18. The van der Waals surface area contributed by atoms with Gasteiger partial charge < -0.3 is 20.8 Å². The number of hydrogen-bond acceptors (Lipinski definition) is 5. The maximum absolute atomic E-state index is 10.7. The van der Waals surface area contributed by atoms with Gasteiger partial charge in [0.25, 0.3) is 0 Å². The first-order valence-corrected chi connectivity index (χ1v) is 5.45. The standard InChI is InChI=1S/C10H21N3O3/c1-12(2)4-7-3-8(14)5-13(7)6-9(11)10(15)16/h7-9,14H,3-6,11H2,1-2H3,(H,15,16). The molecule has 0 saturated carbocycles. The number of carboxylic acids is 1. The molecule has 4 N–H and O–H groups in total. The molecule has 6 heteroatoms. The highest BCUT2D eigenvalue weighted by Gasteiger charge is 2.32. The van der Waals surface area contributed by atoms with Crippen molar-refractivity contribution in [2.75, 3.05) is 33.7 Å². The Kier molecular flexibility index (Phi) is 4.67. The molecule has 16 heavy (non-hydrogen) atoms. The molecule has 6 nitrogen and oxygen atoms in total. The summed E-state index contributed by atoms with van der Waals surface area (Å²) in [5.41, 5.74) is 5.50. The van der Waals surface area contributed by atoms with E-state index in [1.165, 1.54) is 0 Å². The van der Waals surface area contributed by atoms with Gasteiger partial charge in [0.15, 0.2) is 0 Å². The molecule has 1 heterocycles. The first-order chi connectivity index (χ1) is 7.40. The highest BCUT2D eigenvalue weighted by atomic mass is 16.4. The first-order valence-electron chi connectivity index (χ1n) is 5.45. The van der Waals surface area contributed by atoms with Crippen molar-refractivity contribution in [2.24, 2.45) is 5.73 Å². The van der Waals surface area contributed by atoms with E-state index in [1.807, 2.05) is 23.9 Å². The quantitative estimate of drug-likeness (QED) is 0.528. The van der Waals surface area contributed by atoms with Gasteiger partial charge >= 0.3 is 5.97 Å². The predicted octanol–water partition coefficient (Wildman–Crippen LogP) is -1.60. The fourth-order valence-electron chi connectivity index (χ4n) is 2.12. The van der Waals surface area contributed by atoms with Gasteiger partial charge in [-0.2, -0.15) is 0 Å². The average Bonchev–Trinajstić information content (AvgIpc) is 2.45. The summed E-state index contributed by atoms with van der Waals surface area (Å²) in [6.07, 6.45) is 0.316. The maximum atomic E-state index is 10.7. The van der Waals surface area contributed by atoms with E-state index in [0.29, 0.717) is 19.5 Å². The third-order valence-corrected chi connectivity index (χ3v) is 2.83. The van der Waals surface area contributed by atoms with Crippen molar-refractivity contribution < 1.29 is 15.0 Å². The number of carbonyl (C=O) groups is 1. The second kappa shape index (κ2) is 5.58. The number of aliphatic hydroxyl groups excluding tert-OH is 1. The number of nitrogens with zero attached hydrogens (tertiary/aromatic N) is 2. The van der Waals surface area contributed by atoms with Gasteiger partial charge in [0, 0.05) is 25.7 Å². The number of carboxylic acid groups (broad SMARTS) is 1. The second-order valence-electron chi connectivity index (χ2n) is 4.70. The Hall–Kier alpha value is -0.690. The van der Waals surface area contributed by atoms with Gasteiger partial charge in [-0.1, -0.05) is 0 Å². The summed E-state index contributed by atoms with van der Waals surface area (Å²) < 4.78 is 0. The lowest BCUT2D eigenvalue weighted by atomic mass is 10.2. The smallest absolute Gasteiger partial charge is 0.321 e. The maximum Gasteiger partial charge on any atom is 0.321 e. The van der Waals surface area contributed by atoms with Crippen LogP contribution in [0.15, 0.2) is 0 Å². The summed E-state index contributed by atoms with van der Waals surface area (Å²) in [4.78, 5) is 14.7. The Morgan fingerprint density at radius 3 is 2.75 bits per heavy atom. The fraction of sp³-hybridized carbons (Fsp3) is 0.900. The van der Waals surface area contributed by atoms with Gasteiger partial charge in [0.2, 0.25) is 0 Å². The molecule has 1 rings (SSSR count). The minimum absolute atomic E-state index is 0.190. The zero-order chi connectivity index (χ0) is 12.3. The summed E-state index contributed by atoms with van der Waals surface area (Å²) in [5.74, 6) is -0.995. The molecule has 0 radical (unpaired) electrons. The summed E-state index contributed by atoms with van der Waals surface area (Å²) in [7, 11) is 3.92. The molecule has 0 bridgehead atoms. The van der Waals surface area contributed by atoms with Crippen molar-refractivity contribution in [1.29, 1.82) is 0 Å². The Morgan fingerprint density at radius 2 is 2.25 bits per heavy atom. The normalized spacial score (nSPS) is 28.6. The Bertz CT molecular complexity index is 247. The monoisotopic (exact) mass is 231 g/mol. The van der Waals surface area contributed by atoms with E-state index in [4.69, 9.17) is 10.8 Å². The number of nitrogens with two attached hydrogens (primary N) is 1. The molecule has 0 aromatic carbocycles. The van der Waals surface area contributed by atoms with E-state index in [1.54, 1.807) is 0 Å². The Balaban J connectivity index is 2.52. The highest BCUT2D eigenvalue weighted by molar-refractivity contribution is 5.73. The first kappa shape index (κ1) is 13.4. The summed E-state index contributed by atoms with van der Waals surface area (Å²) >= 11 is 0. The summed E-state index contributed by atoms with van der Waals surface area (Å²) in [6, 6.07) is -0.689. The minimum atomic E-state index is -0.995. The largest absolute Gasteiger partial charge is 0.480 e. The van der Waals surface area contributed by atoms with E-state index in [0.717, 1.165) is 6.54 Å².